The van der Waals surface area contributed by atoms with E-state index in [9.17, 15) is 9.90 Å². The van der Waals surface area contributed by atoms with Gasteiger partial charge in [-0.05, 0) is 56.7 Å². The number of aliphatic hydroxyl groups is 1. The molecule has 6 nitrogen and oxygen atoms in total. The number of aliphatic hydroxyl groups excluding tert-OH is 1. The minimum atomic E-state index is -0.231. The minimum absolute atomic E-state index is 0.0176. The van der Waals surface area contributed by atoms with E-state index >= 15 is 0 Å². The fourth-order valence-electron chi connectivity index (χ4n) is 3.18. The number of nitrogens with zero attached hydrogens (tertiary/aromatic N) is 3. The van der Waals surface area contributed by atoms with Crippen LogP contribution in [0.5, 0.6) is 0 Å². The SMILES string of the molecule is Cc1ncn(CC(=O)N[C@H](Cc2ccncc2)C2CC(O)C2)c1C. The molecule has 2 aromatic heterocycles. The van der Waals surface area contributed by atoms with E-state index in [4.69, 9.17) is 0 Å². The van der Waals surface area contributed by atoms with Crippen molar-refractivity contribution in [2.45, 2.75) is 51.8 Å². The van der Waals surface area contributed by atoms with E-state index in [0.717, 1.165) is 36.2 Å². The smallest absolute Gasteiger partial charge is 0.240 e. The number of nitrogens with one attached hydrogen (secondary N) is 1. The Balaban J connectivity index is 1.64. The van der Waals surface area contributed by atoms with Crippen molar-refractivity contribution in [3.05, 3.63) is 47.8 Å². The lowest BCUT2D eigenvalue weighted by atomic mass is 9.75. The first kappa shape index (κ1) is 16.6. The number of aromatic nitrogens is 3. The topological polar surface area (TPSA) is 80.0 Å². The van der Waals surface area contributed by atoms with Crippen molar-refractivity contribution < 1.29 is 9.90 Å². The molecule has 1 amide bonds. The predicted octanol–water partition coefficient (Wildman–Crippen LogP) is 1.39. The lowest BCUT2D eigenvalue weighted by molar-refractivity contribution is -0.123. The Bertz CT molecular complexity index is 692. The van der Waals surface area contributed by atoms with E-state index in [1.807, 2.05) is 30.5 Å². The molecule has 0 saturated heterocycles. The van der Waals surface area contributed by atoms with Gasteiger partial charge in [-0.25, -0.2) is 4.98 Å². The third-order valence-corrected chi connectivity index (χ3v) is 4.93. The van der Waals surface area contributed by atoms with Crippen molar-refractivity contribution in [2.24, 2.45) is 5.92 Å². The van der Waals surface area contributed by atoms with Gasteiger partial charge in [0.1, 0.15) is 6.54 Å². The number of carbonyl (C=O) groups excluding carboxylic acids is 1. The van der Waals surface area contributed by atoms with Gasteiger partial charge >= 0.3 is 0 Å². The van der Waals surface area contributed by atoms with Gasteiger partial charge in [0.05, 0.1) is 18.1 Å². The van der Waals surface area contributed by atoms with Crippen LogP contribution in [0.15, 0.2) is 30.9 Å². The number of hydrogen-bond acceptors (Lipinski definition) is 4. The van der Waals surface area contributed by atoms with Crippen LogP contribution < -0.4 is 5.32 Å². The Morgan fingerprint density at radius 1 is 1.38 bits per heavy atom. The van der Waals surface area contributed by atoms with E-state index < -0.39 is 0 Å². The van der Waals surface area contributed by atoms with Gasteiger partial charge in [-0.15, -0.1) is 0 Å². The summed E-state index contributed by atoms with van der Waals surface area (Å²) < 4.78 is 1.86. The van der Waals surface area contributed by atoms with E-state index in [2.05, 4.69) is 15.3 Å². The van der Waals surface area contributed by atoms with Gasteiger partial charge in [-0.3, -0.25) is 9.78 Å². The Kier molecular flexibility index (Phi) is 4.94. The molecule has 0 spiro atoms. The van der Waals surface area contributed by atoms with E-state index in [1.54, 1.807) is 18.7 Å². The molecular formula is C18H24N4O2. The molecule has 0 aromatic carbocycles. The molecule has 0 bridgehead atoms. The Morgan fingerprint density at radius 2 is 2.08 bits per heavy atom. The number of amides is 1. The van der Waals surface area contributed by atoms with E-state index in [0.29, 0.717) is 5.92 Å². The zero-order valence-corrected chi connectivity index (χ0v) is 14.1. The molecule has 0 aliphatic heterocycles. The normalized spacial score (nSPS) is 21.1. The molecule has 1 aliphatic carbocycles. The van der Waals surface area contributed by atoms with Gasteiger partial charge in [0.25, 0.3) is 0 Å². The molecule has 1 fully saturated rings. The fraction of sp³-hybridized carbons (Fsp3) is 0.500. The summed E-state index contributed by atoms with van der Waals surface area (Å²) in [5, 5.41) is 12.8. The molecular weight excluding hydrogens is 304 g/mol. The fourth-order valence-corrected chi connectivity index (χ4v) is 3.18. The van der Waals surface area contributed by atoms with Crippen molar-refractivity contribution in [1.29, 1.82) is 0 Å². The molecule has 3 rings (SSSR count). The molecule has 2 heterocycles. The van der Waals surface area contributed by atoms with Crippen molar-refractivity contribution in [1.82, 2.24) is 19.9 Å². The maximum atomic E-state index is 12.5. The Labute approximate surface area is 141 Å². The summed E-state index contributed by atoms with van der Waals surface area (Å²) in [4.78, 5) is 20.7. The molecule has 2 aromatic rings. The molecule has 6 heteroatoms. The van der Waals surface area contributed by atoms with Crippen LogP contribution >= 0.6 is 0 Å². The summed E-state index contributed by atoms with van der Waals surface area (Å²) in [7, 11) is 0. The average molecular weight is 328 g/mol. The van der Waals surface area contributed by atoms with Crippen LogP contribution in [-0.4, -0.2) is 37.7 Å². The van der Waals surface area contributed by atoms with Crippen molar-refractivity contribution >= 4 is 5.91 Å². The van der Waals surface area contributed by atoms with Crippen molar-refractivity contribution in [3.63, 3.8) is 0 Å². The summed E-state index contributed by atoms with van der Waals surface area (Å²) in [6, 6.07) is 3.98. The minimum Gasteiger partial charge on any atom is -0.393 e. The van der Waals surface area contributed by atoms with Crippen molar-refractivity contribution in [3.8, 4) is 0 Å². The number of hydrogen-bond donors (Lipinski definition) is 2. The Hall–Kier alpha value is -2.21. The van der Waals surface area contributed by atoms with Crippen LogP contribution in [0.25, 0.3) is 0 Å². The van der Waals surface area contributed by atoms with Crippen LogP contribution in [0.2, 0.25) is 0 Å². The van der Waals surface area contributed by atoms with Gasteiger partial charge in [0, 0.05) is 24.1 Å². The molecule has 24 heavy (non-hydrogen) atoms. The van der Waals surface area contributed by atoms with Crippen LogP contribution in [0.1, 0.15) is 29.8 Å². The average Bonchev–Trinajstić information content (AvgIpc) is 2.84. The van der Waals surface area contributed by atoms with E-state index in [1.165, 1.54) is 0 Å². The van der Waals surface area contributed by atoms with E-state index in [-0.39, 0.29) is 24.6 Å². The molecule has 0 radical (unpaired) electrons. The summed E-state index contributed by atoms with van der Waals surface area (Å²) in [6.07, 6.45) is 7.26. The van der Waals surface area contributed by atoms with Crippen LogP contribution in [0.4, 0.5) is 0 Å². The first-order valence-corrected chi connectivity index (χ1v) is 8.37. The third kappa shape index (κ3) is 3.82. The molecule has 1 saturated carbocycles. The standard InChI is InChI=1S/C18H24N4O2/c1-12-13(2)22(11-20-12)10-18(24)21-17(15-8-16(23)9-15)7-14-3-5-19-6-4-14/h3-6,11,15-17,23H,7-10H2,1-2H3,(H,21,24)/t15?,16?,17-/m1/s1. The second kappa shape index (κ2) is 7.13. The third-order valence-electron chi connectivity index (χ3n) is 4.93. The van der Waals surface area contributed by atoms with Gasteiger partial charge in [-0.1, -0.05) is 0 Å². The second-order valence-electron chi connectivity index (χ2n) is 6.66. The molecule has 128 valence electrons. The number of imidazole rings is 1. The molecule has 2 N–H and O–H groups in total. The molecule has 1 aliphatic rings. The highest BCUT2D eigenvalue weighted by molar-refractivity contribution is 5.76. The van der Waals surface area contributed by atoms with Gasteiger partial charge < -0.3 is 15.0 Å². The number of carbonyl (C=O) groups is 1. The summed E-state index contributed by atoms with van der Waals surface area (Å²) in [6.45, 7) is 4.17. The van der Waals surface area contributed by atoms with Gasteiger partial charge in [0.15, 0.2) is 0 Å². The lowest BCUT2D eigenvalue weighted by Gasteiger charge is -2.38. The van der Waals surface area contributed by atoms with Gasteiger partial charge in [0.2, 0.25) is 5.91 Å². The summed E-state index contributed by atoms with van der Waals surface area (Å²) >= 11 is 0. The summed E-state index contributed by atoms with van der Waals surface area (Å²) in [5.41, 5.74) is 3.10. The molecule has 1 atom stereocenters. The monoisotopic (exact) mass is 328 g/mol. The van der Waals surface area contributed by atoms with Gasteiger partial charge in [-0.2, -0.15) is 0 Å². The highest BCUT2D eigenvalue weighted by Crippen LogP contribution is 2.31. The highest BCUT2D eigenvalue weighted by atomic mass is 16.3. The largest absolute Gasteiger partial charge is 0.393 e. The maximum Gasteiger partial charge on any atom is 0.240 e. The quantitative estimate of drug-likeness (QED) is 0.840. The zero-order valence-electron chi connectivity index (χ0n) is 14.1. The van der Waals surface area contributed by atoms with Crippen molar-refractivity contribution in [2.75, 3.05) is 0 Å². The number of aryl methyl sites for hydroxylation is 1. The lowest BCUT2D eigenvalue weighted by Crippen LogP contribution is -2.49. The Morgan fingerprint density at radius 3 is 2.67 bits per heavy atom. The maximum absolute atomic E-state index is 12.5. The number of pyridine rings is 1. The zero-order chi connectivity index (χ0) is 17.1. The van der Waals surface area contributed by atoms with Crippen LogP contribution in [0.3, 0.4) is 0 Å². The predicted molar refractivity (Wildman–Crippen MR) is 90.3 cm³/mol. The van der Waals surface area contributed by atoms with Crippen LogP contribution in [0, 0.1) is 19.8 Å². The van der Waals surface area contributed by atoms with Crippen LogP contribution in [-0.2, 0) is 17.8 Å². The first-order chi connectivity index (χ1) is 11.5. The number of rotatable bonds is 6. The molecule has 0 unspecified atom stereocenters. The second-order valence-corrected chi connectivity index (χ2v) is 6.66. The summed E-state index contributed by atoms with van der Waals surface area (Å²) in [5.74, 6) is 0.304. The first-order valence-electron chi connectivity index (χ1n) is 8.37. The highest BCUT2D eigenvalue weighted by Gasteiger charge is 2.34.